The van der Waals surface area contributed by atoms with Gasteiger partial charge in [-0.25, -0.2) is 0 Å². The Bertz CT molecular complexity index is 1230. The van der Waals surface area contributed by atoms with E-state index in [1.54, 1.807) is 0 Å². The van der Waals surface area contributed by atoms with Crippen LogP contribution in [0, 0.1) is 0 Å². The minimum atomic E-state index is -0.412. The molecule has 1 aromatic carbocycles. The first-order chi connectivity index (χ1) is 19.5. The number of benzene rings is 1. The number of fused-ring (bicyclic) bond motifs is 1. The molecule has 5 rings (SSSR count). The third-order valence-corrected chi connectivity index (χ3v) is 10.0. The summed E-state index contributed by atoms with van der Waals surface area (Å²) in [7, 11) is 3.60. The maximum absolute atomic E-state index is 9.92. The molecule has 0 saturated carbocycles. The van der Waals surface area contributed by atoms with Crippen molar-refractivity contribution in [2.24, 2.45) is 0 Å². The third kappa shape index (κ3) is 5.74. The Morgan fingerprint density at radius 3 is 2.41 bits per heavy atom. The molecule has 0 bridgehead atoms. The fourth-order valence-corrected chi connectivity index (χ4v) is 6.71. The van der Waals surface area contributed by atoms with Gasteiger partial charge in [-0.05, 0) is 78.5 Å². The van der Waals surface area contributed by atoms with Gasteiger partial charge in [0.1, 0.15) is 0 Å². The fraction of sp³-hybridized carbons (Fsp3) is 0.688. The summed E-state index contributed by atoms with van der Waals surface area (Å²) in [6.45, 7) is 18.9. The largest absolute Gasteiger partial charge is 0.494 e. The first-order valence-electron chi connectivity index (χ1n) is 15.5. The van der Waals surface area contributed by atoms with Crippen LogP contribution in [0.15, 0.2) is 30.0 Å². The second-order valence-corrected chi connectivity index (χ2v) is 13.1. The number of ether oxygens (including phenoxy) is 1. The summed E-state index contributed by atoms with van der Waals surface area (Å²) >= 11 is 0. The summed E-state index contributed by atoms with van der Waals surface area (Å²) in [5.74, 6) is 0.134. The topological polar surface area (TPSA) is 71.4 Å². The molecule has 2 saturated heterocycles. The Kier molecular flexibility index (Phi) is 8.96. The third-order valence-electron chi connectivity index (χ3n) is 10.0. The van der Waals surface area contributed by atoms with Crippen LogP contribution in [0.2, 0.25) is 0 Å². The summed E-state index contributed by atoms with van der Waals surface area (Å²) in [4.78, 5) is 4.95. The first kappa shape index (κ1) is 30.6. The second kappa shape index (κ2) is 12.0. The van der Waals surface area contributed by atoms with Crippen LogP contribution >= 0.6 is 0 Å². The lowest BCUT2D eigenvalue weighted by Crippen LogP contribution is -2.52. The molecule has 8 nitrogen and oxygen atoms in total. The summed E-state index contributed by atoms with van der Waals surface area (Å²) in [6.07, 6.45) is 4.08. The highest BCUT2D eigenvalue weighted by Crippen LogP contribution is 2.40. The number of aliphatic hydroxyl groups excluding tert-OH is 1. The van der Waals surface area contributed by atoms with Gasteiger partial charge in [-0.2, -0.15) is 0 Å². The van der Waals surface area contributed by atoms with E-state index in [0.717, 1.165) is 57.6 Å². The van der Waals surface area contributed by atoms with Gasteiger partial charge in [0.25, 0.3) is 0 Å². The average molecular weight is 567 g/mol. The predicted octanol–water partition coefficient (Wildman–Crippen LogP) is 3.11. The Hall–Kier alpha value is -1.88. The van der Waals surface area contributed by atoms with Gasteiger partial charge in [-0.15, -0.1) is 0 Å². The van der Waals surface area contributed by atoms with Crippen LogP contribution in [0.5, 0.6) is 0 Å². The van der Waals surface area contributed by atoms with E-state index in [9.17, 15) is 5.11 Å². The highest BCUT2D eigenvalue weighted by Gasteiger charge is 2.51. The van der Waals surface area contributed by atoms with Gasteiger partial charge in [0.15, 0.2) is 0 Å². The van der Waals surface area contributed by atoms with Gasteiger partial charge in [0, 0.05) is 87.2 Å². The van der Waals surface area contributed by atoms with Gasteiger partial charge in [0.2, 0.25) is 0 Å². The number of nitrogens with one attached hydrogen (secondary N) is 1. The van der Waals surface area contributed by atoms with E-state index < -0.39 is 18.3 Å². The van der Waals surface area contributed by atoms with Gasteiger partial charge in [-0.3, -0.25) is 0 Å². The molecule has 41 heavy (non-hydrogen) atoms. The number of likely N-dealkylation sites (N-methyl/N-ethyl adjacent to an activating group) is 1. The van der Waals surface area contributed by atoms with Crippen LogP contribution in [0.4, 0.5) is 0 Å². The fourth-order valence-electron chi connectivity index (χ4n) is 6.71. The highest BCUT2D eigenvalue weighted by atomic mass is 16.7. The van der Waals surface area contributed by atoms with Crippen LogP contribution < -0.4 is 10.8 Å². The normalized spacial score (nSPS) is 25.6. The van der Waals surface area contributed by atoms with Crippen LogP contribution in [-0.2, 0) is 27.0 Å². The van der Waals surface area contributed by atoms with E-state index in [4.69, 9.17) is 14.0 Å². The van der Waals surface area contributed by atoms with Crippen LogP contribution in [-0.4, -0.2) is 103 Å². The van der Waals surface area contributed by atoms with Crippen molar-refractivity contribution in [1.82, 2.24) is 19.7 Å². The molecule has 1 unspecified atom stereocenters. The van der Waals surface area contributed by atoms with Crippen molar-refractivity contribution < 1.29 is 19.2 Å². The van der Waals surface area contributed by atoms with Crippen molar-refractivity contribution >= 4 is 23.5 Å². The van der Waals surface area contributed by atoms with E-state index in [1.165, 1.54) is 27.9 Å². The minimum absolute atomic E-state index is 0.0413. The lowest BCUT2D eigenvalue weighted by molar-refractivity contribution is 0.00578. The predicted molar refractivity (Wildman–Crippen MR) is 167 cm³/mol. The Morgan fingerprint density at radius 2 is 1.80 bits per heavy atom. The number of aromatic nitrogens is 1. The summed E-state index contributed by atoms with van der Waals surface area (Å²) in [5, 5.41) is 15.0. The molecule has 0 aliphatic carbocycles. The smallest absolute Gasteiger partial charge is 0.399 e. The SMILES string of the molecule is CCn1c(C2C=C(N3CCN(C)CC3)CN[C@@H]2[C@H](C)OC)c(CCCO)c2cc(B3OC(C)(C)C(C)(C)O3)ccc21. The summed E-state index contributed by atoms with van der Waals surface area (Å²) in [5.41, 5.74) is 5.49. The van der Waals surface area contributed by atoms with Crippen LogP contribution in [0.1, 0.15) is 65.1 Å². The molecule has 2 aromatic rings. The zero-order valence-electron chi connectivity index (χ0n) is 26.5. The lowest BCUT2D eigenvalue weighted by Gasteiger charge is -2.41. The van der Waals surface area contributed by atoms with Gasteiger partial charge in [0.05, 0.1) is 17.3 Å². The standard InChI is InChI=1S/C32H51BN4O4/c1-9-37-28-13-12-23(33-40-31(3,4)32(5,6)41-33)19-26(28)25(11-10-18-38)30(37)27-20-24(21-34-29(27)22(2)39-8)36-16-14-35(7)15-17-36/h12-13,19-20,22,27,29,34,38H,9-11,14-18,21H2,1-8H3/t22-,27?,29+/m0/s1. The molecule has 0 amide bonds. The van der Waals surface area contributed by atoms with Crippen molar-refractivity contribution in [3.05, 3.63) is 41.2 Å². The molecule has 226 valence electrons. The number of aliphatic hydroxyl groups is 1. The maximum atomic E-state index is 9.92. The van der Waals surface area contributed by atoms with E-state index in [-0.39, 0.29) is 24.7 Å². The number of aryl methyl sites for hydroxylation is 2. The van der Waals surface area contributed by atoms with E-state index >= 15 is 0 Å². The van der Waals surface area contributed by atoms with E-state index in [1.807, 2.05) is 7.11 Å². The Labute approximate surface area is 247 Å². The molecule has 2 fully saturated rings. The van der Waals surface area contributed by atoms with Crippen LogP contribution in [0.25, 0.3) is 10.9 Å². The number of piperazine rings is 1. The van der Waals surface area contributed by atoms with Crippen molar-refractivity contribution in [2.45, 2.75) is 90.2 Å². The second-order valence-electron chi connectivity index (χ2n) is 13.1. The summed E-state index contributed by atoms with van der Waals surface area (Å²) in [6, 6.07) is 6.81. The zero-order chi connectivity index (χ0) is 29.5. The molecular formula is C32H51BN4O4. The molecule has 0 spiro atoms. The first-order valence-corrected chi connectivity index (χ1v) is 15.5. The molecule has 0 radical (unpaired) electrons. The quantitative estimate of drug-likeness (QED) is 0.452. The molecule has 9 heteroatoms. The number of hydrogen-bond donors (Lipinski definition) is 2. The van der Waals surface area contributed by atoms with Crippen molar-refractivity contribution in [2.75, 3.05) is 53.5 Å². The zero-order valence-corrected chi connectivity index (χ0v) is 26.5. The van der Waals surface area contributed by atoms with Crippen molar-refractivity contribution in [1.29, 1.82) is 0 Å². The highest BCUT2D eigenvalue weighted by molar-refractivity contribution is 6.62. The molecule has 2 N–H and O–H groups in total. The number of rotatable bonds is 9. The van der Waals surface area contributed by atoms with Crippen molar-refractivity contribution in [3.63, 3.8) is 0 Å². The Morgan fingerprint density at radius 1 is 1.12 bits per heavy atom. The lowest BCUT2D eigenvalue weighted by atomic mass is 9.78. The molecule has 3 aliphatic rings. The Balaban J connectivity index is 1.63. The van der Waals surface area contributed by atoms with Gasteiger partial charge in [-0.1, -0.05) is 18.2 Å². The van der Waals surface area contributed by atoms with E-state index in [0.29, 0.717) is 0 Å². The van der Waals surface area contributed by atoms with Crippen molar-refractivity contribution in [3.8, 4) is 0 Å². The number of methoxy groups -OCH3 is 1. The van der Waals surface area contributed by atoms with Crippen LogP contribution in [0.3, 0.4) is 0 Å². The average Bonchev–Trinajstić information content (AvgIpc) is 3.39. The minimum Gasteiger partial charge on any atom is -0.399 e. The molecule has 4 heterocycles. The van der Waals surface area contributed by atoms with Gasteiger partial charge >= 0.3 is 7.12 Å². The molecule has 3 atom stereocenters. The molecular weight excluding hydrogens is 515 g/mol. The maximum Gasteiger partial charge on any atom is 0.494 e. The molecule has 1 aromatic heterocycles. The monoisotopic (exact) mass is 566 g/mol. The molecule has 3 aliphatic heterocycles. The number of nitrogens with zero attached hydrogens (tertiary/aromatic N) is 3. The number of hydrogen-bond acceptors (Lipinski definition) is 7. The van der Waals surface area contributed by atoms with E-state index in [2.05, 4.69) is 92.5 Å². The van der Waals surface area contributed by atoms with Gasteiger partial charge < -0.3 is 38.8 Å². The summed E-state index contributed by atoms with van der Waals surface area (Å²) < 4.78 is 21.3.